The molecule has 9 nitrogen and oxygen atoms in total. The normalized spacial score (nSPS) is 10.6. The average Bonchev–Trinajstić information content (AvgIpc) is 3.51. The summed E-state index contributed by atoms with van der Waals surface area (Å²) in [7, 11) is 2.68. The molecule has 2 aromatic carbocycles. The van der Waals surface area contributed by atoms with E-state index in [2.05, 4.69) is 65.2 Å². The van der Waals surface area contributed by atoms with Gasteiger partial charge in [0.25, 0.3) is 0 Å². The van der Waals surface area contributed by atoms with E-state index in [1.165, 1.54) is 20.4 Å². The molecule has 0 spiro atoms. The number of aromatic nitrogens is 2. The first-order valence-corrected chi connectivity index (χ1v) is 14.4. The largest absolute Gasteiger partial charge is 0.465 e. The SMILES string of the molecule is CCCON=O.COC(=O)c1cc(Br)cc2c1c(F)cn2C(C)C.COC(=O)c1cc(Br)cc2c1ccn2C(C)C. The van der Waals surface area contributed by atoms with Gasteiger partial charge in [0, 0.05) is 38.8 Å². The molecule has 0 atom stereocenters. The van der Waals surface area contributed by atoms with Crippen LogP contribution in [0, 0.1) is 10.7 Å². The van der Waals surface area contributed by atoms with Crippen LogP contribution in [-0.2, 0) is 14.3 Å². The van der Waals surface area contributed by atoms with E-state index >= 15 is 0 Å². The molecule has 0 saturated carbocycles. The lowest BCUT2D eigenvalue weighted by Crippen LogP contribution is -2.03. The summed E-state index contributed by atoms with van der Waals surface area (Å²) >= 11 is 6.76. The van der Waals surface area contributed by atoms with Crippen LogP contribution in [0.15, 0.2) is 57.0 Å². The van der Waals surface area contributed by atoms with Crippen LogP contribution >= 0.6 is 31.9 Å². The van der Waals surface area contributed by atoms with Crippen LogP contribution in [0.1, 0.15) is 73.8 Å². The number of carbonyl (C=O) groups excluding carboxylic acids is 2. The monoisotopic (exact) mass is 697 g/mol. The Labute approximate surface area is 255 Å². The van der Waals surface area contributed by atoms with Crippen molar-refractivity contribution in [3.63, 3.8) is 0 Å². The maximum absolute atomic E-state index is 14.0. The summed E-state index contributed by atoms with van der Waals surface area (Å²) in [5.74, 6) is -1.26. The van der Waals surface area contributed by atoms with Crippen molar-refractivity contribution < 1.29 is 28.3 Å². The molecule has 0 bridgehead atoms. The van der Waals surface area contributed by atoms with Crippen LogP contribution in [-0.4, -0.2) is 41.9 Å². The highest BCUT2D eigenvalue weighted by Gasteiger charge is 2.20. The summed E-state index contributed by atoms with van der Waals surface area (Å²) in [6, 6.07) is 9.59. The number of hydrogen-bond acceptors (Lipinski definition) is 7. The van der Waals surface area contributed by atoms with Gasteiger partial charge in [-0.05, 0) is 64.4 Å². The number of ether oxygens (including phenoxy) is 2. The van der Waals surface area contributed by atoms with Crippen LogP contribution in [0.25, 0.3) is 21.8 Å². The Morgan fingerprint density at radius 2 is 1.44 bits per heavy atom. The number of methoxy groups -OCH3 is 2. The van der Waals surface area contributed by atoms with E-state index in [4.69, 9.17) is 9.64 Å². The van der Waals surface area contributed by atoms with Crippen molar-refractivity contribution in [2.24, 2.45) is 5.34 Å². The van der Waals surface area contributed by atoms with E-state index in [0.29, 0.717) is 29.1 Å². The number of fused-ring (bicyclic) bond motifs is 2. The Morgan fingerprint density at radius 1 is 0.902 bits per heavy atom. The minimum atomic E-state index is -0.540. The van der Waals surface area contributed by atoms with Crippen molar-refractivity contribution in [3.8, 4) is 0 Å². The highest BCUT2D eigenvalue weighted by Crippen LogP contribution is 2.31. The highest BCUT2D eigenvalue weighted by atomic mass is 79.9. The molecule has 0 amide bonds. The molecular formula is C29H34Br2FN3O6. The van der Waals surface area contributed by atoms with Crippen LogP contribution in [0.3, 0.4) is 0 Å². The van der Waals surface area contributed by atoms with Gasteiger partial charge in [-0.15, -0.1) is 4.91 Å². The van der Waals surface area contributed by atoms with E-state index in [1.54, 1.807) is 22.8 Å². The van der Waals surface area contributed by atoms with E-state index in [-0.39, 0.29) is 17.6 Å². The van der Waals surface area contributed by atoms with Crippen LogP contribution < -0.4 is 0 Å². The zero-order chi connectivity index (χ0) is 30.9. The van der Waals surface area contributed by atoms with Gasteiger partial charge in [-0.25, -0.2) is 14.0 Å². The van der Waals surface area contributed by atoms with Gasteiger partial charge in [-0.1, -0.05) is 38.8 Å². The number of halogens is 3. The average molecular weight is 699 g/mol. The molecule has 4 rings (SSSR count). The molecule has 0 fully saturated rings. The number of esters is 2. The molecule has 0 aliphatic carbocycles. The molecule has 2 heterocycles. The van der Waals surface area contributed by atoms with Crippen molar-refractivity contribution in [2.45, 2.75) is 53.1 Å². The molecular weight excluding hydrogens is 665 g/mol. The Kier molecular flexibility index (Phi) is 13.0. The van der Waals surface area contributed by atoms with Crippen molar-refractivity contribution in [2.75, 3.05) is 20.8 Å². The molecule has 0 saturated heterocycles. The standard InChI is InChI=1S/C13H13BrFNO2.C13H14BrNO2.C3H7NO2/c1-7(2)16-6-10(15)12-9(13(17)18-3)4-8(14)5-11(12)16;1-8(2)15-5-4-10-11(13(16)17-3)6-9(14)7-12(10)15;1-2-3-6-4-5/h4-7H,1-3H3;4-8H,1-3H3;2-3H2,1H3. The van der Waals surface area contributed by atoms with Gasteiger partial charge in [0.2, 0.25) is 0 Å². The summed E-state index contributed by atoms with van der Waals surface area (Å²) in [6.07, 6.45) is 4.24. The van der Waals surface area contributed by atoms with Gasteiger partial charge in [0.1, 0.15) is 12.4 Å². The molecule has 0 radical (unpaired) electrons. The minimum absolute atomic E-state index is 0.108. The summed E-state index contributed by atoms with van der Waals surface area (Å²) in [6.45, 7) is 10.5. The number of carbonyl (C=O) groups is 2. The third kappa shape index (κ3) is 8.38. The Hall–Kier alpha value is -3.25. The number of hydrogen-bond donors (Lipinski definition) is 0. The van der Waals surface area contributed by atoms with Crippen molar-refractivity contribution in [1.29, 1.82) is 0 Å². The fourth-order valence-corrected chi connectivity index (χ4v) is 4.98. The second kappa shape index (κ2) is 15.7. The Morgan fingerprint density at radius 3 is 1.93 bits per heavy atom. The van der Waals surface area contributed by atoms with Gasteiger partial charge in [-0.3, -0.25) is 0 Å². The van der Waals surface area contributed by atoms with E-state index in [1.807, 2.05) is 39.1 Å². The lowest BCUT2D eigenvalue weighted by Gasteiger charge is -2.10. The maximum atomic E-state index is 14.0. The van der Waals surface area contributed by atoms with E-state index in [9.17, 15) is 14.0 Å². The minimum Gasteiger partial charge on any atom is -0.465 e. The van der Waals surface area contributed by atoms with Crippen LogP contribution in [0.5, 0.6) is 0 Å². The predicted octanol–water partition coefficient (Wildman–Crippen LogP) is 8.78. The quantitative estimate of drug-likeness (QED) is 0.0828. The fourth-order valence-electron chi connectivity index (χ4n) is 4.09. The molecule has 0 unspecified atom stereocenters. The summed E-state index contributed by atoms with van der Waals surface area (Å²) in [5.41, 5.74) is 2.54. The predicted molar refractivity (Wildman–Crippen MR) is 165 cm³/mol. The molecule has 2 aromatic heterocycles. The summed E-state index contributed by atoms with van der Waals surface area (Å²) in [5, 5.41) is 3.40. The van der Waals surface area contributed by atoms with Gasteiger partial charge < -0.3 is 23.4 Å². The first-order valence-electron chi connectivity index (χ1n) is 12.8. The third-order valence-electron chi connectivity index (χ3n) is 5.93. The Balaban J connectivity index is 0.000000241. The molecule has 12 heteroatoms. The number of rotatable bonds is 7. The molecule has 0 aliphatic rings. The van der Waals surface area contributed by atoms with E-state index < -0.39 is 11.8 Å². The molecule has 4 aromatic rings. The maximum Gasteiger partial charge on any atom is 0.338 e. The molecule has 0 N–H and O–H groups in total. The summed E-state index contributed by atoms with van der Waals surface area (Å²) < 4.78 is 29.0. The zero-order valence-corrected chi connectivity index (χ0v) is 27.2. The lowest BCUT2D eigenvalue weighted by atomic mass is 10.1. The van der Waals surface area contributed by atoms with Gasteiger partial charge >= 0.3 is 11.9 Å². The summed E-state index contributed by atoms with van der Waals surface area (Å²) in [4.78, 5) is 36.5. The number of nitrogens with zero attached hydrogens (tertiary/aromatic N) is 3. The third-order valence-corrected chi connectivity index (χ3v) is 6.84. The van der Waals surface area contributed by atoms with Crippen LogP contribution in [0.4, 0.5) is 4.39 Å². The second-order valence-corrected chi connectivity index (χ2v) is 11.3. The number of benzene rings is 2. The molecule has 0 aliphatic heterocycles. The first kappa shape index (κ1) is 34.0. The fraction of sp³-hybridized carbons (Fsp3) is 0.379. The van der Waals surface area contributed by atoms with Gasteiger partial charge in [0.05, 0.1) is 41.8 Å². The van der Waals surface area contributed by atoms with Crippen molar-refractivity contribution in [1.82, 2.24) is 9.13 Å². The van der Waals surface area contributed by atoms with Crippen molar-refractivity contribution >= 4 is 65.6 Å². The smallest absolute Gasteiger partial charge is 0.338 e. The highest BCUT2D eigenvalue weighted by molar-refractivity contribution is 9.10. The lowest BCUT2D eigenvalue weighted by molar-refractivity contribution is 0.0594. The van der Waals surface area contributed by atoms with E-state index in [0.717, 1.165) is 26.3 Å². The van der Waals surface area contributed by atoms with Gasteiger partial charge in [-0.2, -0.15) is 0 Å². The van der Waals surface area contributed by atoms with Crippen molar-refractivity contribution in [3.05, 3.63) is 73.5 Å². The zero-order valence-electron chi connectivity index (χ0n) is 24.0. The first-order chi connectivity index (χ1) is 19.4. The molecule has 222 valence electrons. The Bertz CT molecular complexity index is 1510. The second-order valence-electron chi connectivity index (χ2n) is 9.42. The molecule has 41 heavy (non-hydrogen) atoms. The van der Waals surface area contributed by atoms with Crippen LogP contribution in [0.2, 0.25) is 0 Å². The van der Waals surface area contributed by atoms with Gasteiger partial charge in [0.15, 0.2) is 5.34 Å². The topological polar surface area (TPSA) is 101 Å².